The van der Waals surface area contributed by atoms with Crippen molar-refractivity contribution in [1.82, 2.24) is 4.98 Å². The maximum absolute atomic E-state index is 10.8. The molecule has 0 radical (unpaired) electrons. The predicted molar refractivity (Wildman–Crippen MR) is 57.8 cm³/mol. The highest BCUT2D eigenvalue weighted by molar-refractivity contribution is 5.90. The summed E-state index contributed by atoms with van der Waals surface area (Å²) in [6, 6.07) is 1.41. The monoisotopic (exact) mass is 225 g/mol. The number of nitrogens with zero attached hydrogens (tertiary/aromatic N) is 1. The molecule has 0 saturated heterocycles. The molecule has 1 rings (SSSR count). The molecule has 5 heteroatoms. The number of rotatable bonds is 7. The van der Waals surface area contributed by atoms with E-state index in [-0.39, 0.29) is 11.3 Å². The Balaban J connectivity index is 2.44. The highest BCUT2D eigenvalue weighted by Gasteiger charge is 2.10. The van der Waals surface area contributed by atoms with E-state index < -0.39 is 5.97 Å². The Morgan fingerprint density at radius 1 is 1.44 bits per heavy atom. The summed E-state index contributed by atoms with van der Waals surface area (Å²) in [5.41, 5.74) is 0.116. The third-order valence-electron chi connectivity index (χ3n) is 1.85. The molecule has 1 heterocycles. The highest BCUT2D eigenvalue weighted by Crippen LogP contribution is 2.15. The van der Waals surface area contributed by atoms with Crippen LogP contribution in [0.4, 0.5) is 0 Å². The molecule has 0 amide bonds. The zero-order valence-electron chi connectivity index (χ0n) is 9.18. The quantitative estimate of drug-likeness (QED) is 0.713. The molecule has 0 saturated carbocycles. The van der Waals surface area contributed by atoms with Gasteiger partial charge in [-0.2, -0.15) is 0 Å². The van der Waals surface area contributed by atoms with Crippen LogP contribution in [0.5, 0.6) is 5.75 Å². The summed E-state index contributed by atoms with van der Waals surface area (Å²) in [6.45, 7) is 3.47. The SMILES string of the molecule is CCCOCCOc1cnccc1C(=O)O. The molecule has 0 aliphatic heterocycles. The number of hydrogen-bond acceptors (Lipinski definition) is 4. The van der Waals surface area contributed by atoms with Crippen molar-refractivity contribution < 1.29 is 19.4 Å². The minimum Gasteiger partial charge on any atom is -0.489 e. The Labute approximate surface area is 94.0 Å². The van der Waals surface area contributed by atoms with E-state index in [9.17, 15) is 4.79 Å². The first-order valence-electron chi connectivity index (χ1n) is 5.13. The summed E-state index contributed by atoms with van der Waals surface area (Å²) in [5, 5.41) is 8.87. The molecule has 1 aromatic rings. The van der Waals surface area contributed by atoms with Crippen molar-refractivity contribution in [1.29, 1.82) is 0 Å². The number of ether oxygens (including phenoxy) is 2. The largest absolute Gasteiger partial charge is 0.489 e. The van der Waals surface area contributed by atoms with Gasteiger partial charge >= 0.3 is 5.97 Å². The fourth-order valence-corrected chi connectivity index (χ4v) is 1.13. The van der Waals surface area contributed by atoms with Crippen LogP contribution in [0.25, 0.3) is 0 Å². The minimum atomic E-state index is -1.02. The summed E-state index contributed by atoms with van der Waals surface area (Å²) in [6.07, 6.45) is 3.76. The van der Waals surface area contributed by atoms with Crippen molar-refractivity contribution in [2.45, 2.75) is 13.3 Å². The van der Waals surface area contributed by atoms with Crippen LogP contribution in [0.3, 0.4) is 0 Å². The van der Waals surface area contributed by atoms with Gasteiger partial charge in [0.05, 0.1) is 12.8 Å². The molecule has 88 valence electrons. The maximum Gasteiger partial charge on any atom is 0.339 e. The second-order valence-electron chi connectivity index (χ2n) is 3.14. The van der Waals surface area contributed by atoms with Crippen molar-refractivity contribution in [3.8, 4) is 5.75 Å². The van der Waals surface area contributed by atoms with Crippen molar-refractivity contribution in [2.75, 3.05) is 19.8 Å². The number of aromatic nitrogens is 1. The van der Waals surface area contributed by atoms with Gasteiger partial charge in [-0.05, 0) is 12.5 Å². The average molecular weight is 225 g/mol. The van der Waals surface area contributed by atoms with Gasteiger partial charge in [-0.3, -0.25) is 4.98 Å². The highest BCUT2D eigenvalue weighted by atomic mass is 16.5. The Bertz CT molecular complexity index is 341. The molecule has 5 nitrogen and oxygen atoms in total. The van der Waals surface area contributed by atoms with Gasteiger partial charge in [-0.1, -0.05) is 6.92 Å². The first kappa shape index (κ1) is 12.4. The van der Waals surface area contributed by atoms with Crippen LogP contribution in [-0.2, 0) is 4.74 Å². The summed E-state index contributed by atoms with van der Waals surface area (Å²) in [4.78, 5) is 14.6. The zero-order chi connectivity index (χ0) is 11.8. The van der Waals surface area contributed by atoms with Gasteiger partial charge in [0.15, 0.2) is 5.75 Å². The van der Waals surface area contributed by atoms with E-state index in [0.717, 1.165) is 6.42 Å². The fourth-order valence-electron chi connectivity index (χ4n) is 1.13. The van der Waals surface area contributed by atoms with Crippen LogP contribution in [0.1, 0.15) is 23.7 Å². The second-order valence-corrected chi connectivity index (χ2v) is 3.14. The molecule has 0 unspecified atom stereocenters. The Morgan fingerprint density at radius 2 is 2.25 bits per heavy atom. The summed E-state index contributed by atoms with van der Waals surface area (Å²) in [5.74, 6) is -0.748. The van der Waals surface area contributed by atoms with Crippen molar-refractivity contribution >= 4 is 5.97 Å². The lowest BCUT2D eigenvalue weighted by Crippen LogP contribution is -2.10. The molecule has 0 atom stereocenters. The zero-order valence-corrected chi connectivity index (χ0v) is 9.18. The Hall–Kier alpha value is -1.62. The lowest BCUT2D eigenvalue weighted by atomic mass is 10.2. The topological polar surface area (TPSA) is 68.7 Å². The fraction of sp³-hybridized carbons (Fsp3) is 0.455. The van der Waals surface area contributed by atoms with E-state index in [1.54, 1.807) is 0 Å². The maximum atomic E-state index is 10.8. The molecule has 1 aromatic heterocycles. The smallest absolute Gasteiger partial charge is 0.339 e. The summed E-state index contributed by atoms with van der Waals surface area (Å²) in [7, 11) is 0. The van der Waals surface area contributed by atoms with Gasteiger partial charge in [0.1, 0.15) is 12.2 Å². The first-order valence-corrected chi connectivity index (χ1v) is 5.13. The summed E-state index contributed by atoms with van der Waals surface area (Å²) < 4.78 is 10.5. The Morgan fingerprint density at radius 3 is 2.94 bits per heavy atom. The molecule has 0 aliphatic carbocycles. The number of carboxylic acid groups (broad SMARTS) is 1. The third-order valence-corrected chi connectivity index (χ3v) is 1.85. The molecule has 0 aromatic carbocycles. The van der Waals surface area contributed by atoms with Crippen LogP contribution in [-0.4, -0.2) is 35.9 Å². The van der Waals surface area contributed by atoms with Crippen LogP contribution >= 0.6 is 0 Å². The van der Waals surface area contributed by atoms with Crippen LogP contribution < -0.4 is 4.74 Å². The molecular formula is C11H15NO4. The van der Waals surface area contributed by atoms with Gasteiger partial charge in [0.2, 0.25) is 0 Å². The van der Waals surface area contributed by atoms with Gasteiger partial charge in [0.25, 0.3) is 0 Å². The standard InChI is InChI=1S/C11H15NO4/c1-2-5-15-6-7-16-10-8-12-4-3-9(10)11(13)14/h3-4,8H,2,5-7H2,1H3,(H,13,14). The summed E-state index contributed by atoms with van der Waals surface area (Å²) >= 11 is 0. The minimum absolute atomic E-state index is 0.116. The van der Waals surface area contributed by atoms with Crippen LogP contribution in [0.15, 0.2) is 18.5 Å². The van der Waals surface area contributed by atoms with Crippen LogP contribution in [0.2, 0.25) is 0 Å². The third kappa shape index (κ3) is 3.86. The van der Waals surface area contributed by atoms with Gasteiger partial charge < -0.3 is 14.6 Å². The number of carbonyl (C=O) groups is 1. The van der Waals surface area contributed by atoms with E-state index in [1.807, 2.05) is 6.92 Å². The van der Waals surface area contributed by atoms with Crippen molar-refractivity contribution in [2.24, 2.45) is 0 Å². The lowest BCUT2D eigenvalue weighted by Gasteiger charge is -2.08. The second kappa shape index (κ2) is 6.79. The average Bonchev–Trinajstić information content (AvgIpc) is 2.29. The van der Waals surface area contributed by atoms with E-state index >= 15 is 0 Å². The van der Waals surface area contributed by atoms with E-state index in [1.165, 1.54) is 18.5 Å². The van der Waals surface area contributed by atoms with E-state index in [0.29, 0.717) is 19.8 Å². The number of hydrogen-bond donors (Lipinski definition) is 1. The van der Waals surface area contributed by atoms with Gasteiger partial charge in [-0.15, -0.1) is 0 Å². The van der Waals surface area contributed by atoms with Crippen LogP contribution in [0, 0.1) is 0 Å². The normalized spacial score (nSPS) is 10.1. The molecule has 1 N–H and O–H groups in total. The van der Waals surface area contributed by atoms with Crippen molar-refractivity contribution in [3.05, 3.63) is 24.0 Å². The molecule has 16 heavy (non-hydrogen) atoms. The number of carboxylic acids is 1. The molecule has 0 spiro atoms. The lowest BCUT2D eigenvalue weighted by molar-refractivity contribution is 0.0685. The number of aromatic carboxylic acids is 1. The number of pyridine rings is 1. The molecular weight excluding hydrogens is 210 g/mol. The molecule has 0 fully saturated rings. The molecule has 0 aliphatic rings. The predicted octanol–water partition coefficient (Wildman–Crippen LogP) is 1.59. The Kier molecular flexibility index (Phi) is 5.28. The van der Waals surface area contributed by atoms with Crippen molar-refractivity contribution in [3.63, 3.8) is 0 Å². The van der Waals surface area contributed by atoms with Gasteiger partial charge in [-0.25, -0.2) is 4.79 Å². The first-order chi connectivity index (χ1) is 7.75. The van der Waals surface area contributed by atoms with E-state index in [2.05, 4.69) is 4.98 Å². The molecule has 0 bridgehead atoms. The van der Waals surface area contributed by atoms with Gasteiger partial charge in [0, 0.05) is 12.8 Å². The van der Waals surface area contributed by atoms with E-state index in [4.69, 9.17) is 14.6 Å².